The molecule has 0 spiro atoms. The molecule has 0 aromatic carbocycles. The minimum absolute atomic E-state index is 0.115. The predicted molar refractivity (Wildman–Crippen MR) is 73.3 cm³/mol. The number of guanidine groups is 1. The van der Waals surface area contributed by atoms with Crippen LogP contribution < -0.4 is 27.4 Å². The Morgan fingerprint density at radius 3 is 2.50 bits per heavy atom. The quantitative estimate of drug-likeness (QED) is 0.310. The van der Waals surface area contributed by atoms with Crippen LogP contribution in [0.5, 0.6) is 0 Å². The zero-order chi connectivity index (χ0) is 15.3. The number of amides is 3. The molecule has 0 aliphatic rings. The van der Waals surface area contributed by atoms with Crippen LogP contribution in [0.3, 0.4) is 0 Å². The van der Waals surface area contributed by atoms with Gasteiger partial charge in [-0.05, 0) is 6.92 Å². The van der Waals surface area contributed by atoms with Gasteiger partial charge in [-0.3, -0.25) is 20.8 Å². The second kappa shape index (κ2) is 6.52. The second-order valence-electron chi connectivity index (χ2n) is 3.45. The molecule has 20 heavy (non-hydrogen) atoms. The van der Waals surface area contributed by atoms with Crippen molar-refractivity contribution in [3.63, 3.8) is 0 Å². The lowest BCUT2D eigenvalue weighted by atomic mass is 10.4. The highest BCUT2D eigenvalue weighted by Gasteiger charge is 2.17. The number of hydrogen-bond donors (Lipinski definition) is 6. The van der Waals surface area contributed by atoms with E-state index in [1.54, 1.807) is 6.92 Å². The predicted octanol–water partition coefficient (Wildman–Crippen LogP) is -0.722. The number of nitrogens with one attached hydrogen (secondary N) is 4. The Balaban J connectivity index is 2.74. The van der Waals surface area contributed by atoms with E-state index in [1.807, 2.05) is 0 Å². The number of nitrogens with two attached hydrogens (primary N) is 2. The maximum Gasteiger partial charge on any atom is 0.321 e. The van der Waals surface area contributed by atoms with Crippen LogP contribution in [0.2, 0.25) is 5.15 Å². The van der Waals surface area contributed by atoms with Crippen LogP contribution >= 0.6 is 11.6 Å². The minimum atomic E-state index is -0.848. The molecule has 0 radical (unpaired) electrons. The third kappa shape index (κ3) is 3.95. The Hall–Kier alpha value is -2.62. The molecule has 1 aromatic heterocycles. The van der Waals surface area contributed by atoms with E-state index in [9.17, 15) is 9.59 Å². The number of rotatable bonds is 2. The fraction of sp³-hybridized carbons (Fsp3) is 0.222. The molecule has 0 aliphatic heterocycles. The monoisotopic (exact) mass is 300 g/mol. The average Bonchev–Trinajstić information content (AvgIpc) is 2.33. The number of urea groups is 1. The average molecular weight is 301 g/mol. The number of hydrogen-bond acceptors (Lipinski definition) is 7. The Bertz CT molecular complexity index is 561. The number of carbonyl (C=O) groups is 2. The van der Waals surface area contributed by atoms with Crippen molar-refractivity contribution in [1.82, 2.24) is 25.9 Å². The van der Waals surface area contributed by atoms with Crippen LogP contribution in [0.25, 0.3) is 0 Å². The Labute approximate surface area is 118 Å². The summed E-state index contributed by atoms with van der Waals surface area (Å²) in [7, 11) is 0. The normalized spacial score (nSPS) is 9.70. The summed E-state index contributed by atoms with van der Waals surface area (Å²) in [4.78, 5) is 30.2. The van der Waals surface area contributed by atoms with Crippen molar-refractivity contribution in [3.8, 4) is 0 Å². The topological polar surface area (TPSA) is 172 Å². The van der Waals surface area contributed by atoms with E-state index in [1.165, 1.54) is 0 Å². The van der Waals surface area contributed by atoms with Gasteiger partial charge in [0.2, 0.25) is 5.96 Å². The summed E-state index contributed by atoms with van der Waals surface area (Å²) < 4.78 is 0. The van der Waals surface area contributed by atoms with Crippen LogP contribution in [0.15, 0.2) is 0 Å². The molecule has 0 atom stereocenters. The highest BCUT2D eigenvalue weighted by Crippen LogP contribution is 2.16. The molecule has 8 N–H and O–H groups in total. The molecule has 0 aliphatic carbocycles. The van der Waals surface area contributed by atoms with Gasteiger partial charge in [-0.1, -0.05) is 11.6 Å². The van der Waals surface area contributed by atoms with Gasteiger partial charge in [0.15, 0.2) is 22.5 Å². The van der Waals surface area contributed by atoms with Crippen molar-refractivity contribution in [2.45, 2.75) is 6.92 Å². The molecule has 1 aromatic rings. The van der Waals surface area contributed by atoms with Crippen LogP contribution in [0, 0.1) is 5.41 Å². The van der Waals surface area contributed by atoms with Crippen molar-refractivity contribution >= 4 is 41.1 Å². The van der Waals surface area contributed by atoms with Gasteiger partial charge in [0.25, 0.3) is 5.91 Å². The van der Waals surface area contributed by atoms with Crippen molar-refractivity contribution in [2.24, 2.45) is 0 Å². The summed E-state index contributed by atoms with van der Waals surface area (Å²) in [5.41, 5.74) is 10.5. The van der Waals surface area contributed by atoms with Crippen LogP contribution in [0.1, 0.15) is 17.4 Å². The number of aromatic nitrogens is 2. The molecule has 0 saturated heterocycles. The molecule has 10 nitrogen and oxygen atoms in total. The fourth-order valence-electron chi connectivity index (χ4n) is 1.13. The minimum Gasteiger partial charge on any atom is -0.382 e. The van der Waals surface area contributed by atoms with E-state index in [4.69, 9.17) is 28.5 Å². The first-order valence-electron chi connectivity index (χ1n) is 5.38. The van der Waals surface area contributed by atoms with Crippen LogP contribution in [0.4, 0.5) is 16.4 Å². The molecule has 1 heterocycles. The van der Waals surface area contributed by atoms with Gasteiger partial charge >= 0.3 is 6.03 Å². The van der Waals surface area contributed by atoms with E-state index in [-0.39, 0.29) is 22.5 Å². The smallest absolute Gasteiger partial charge is 0.321 e. The van der Waals surface area contributed by atoms with Gasteiger partial charge in [0.1, 0.15) is 0 Å². The number of nitrogen functional groups attached to an aromatic ring is 2. The van der Waals surface area contributed by atoms with Crippen LogP contribution in [-0.2, 0) is 0 Å². The molecule has 0 fully saturated rings. The van der Waals surface area contributed by atoms with Crippen molar-refractivity contribution in [1.29, 1.82) is 5.41 Å². The number of nitrogens with zero attached hydrogens (tertiary/aromatic N) is 2. The standard InChI is InChI=1S/C9H13ClN8O2/c1-2-14-9(20)18-8(13)17-7(19)3-5(11)16-6(12)4(10)15-3/h2H2,1H3,(H4,11,12,16)(H4,13,14,17,18,19,20). The Morgan fingerprint density at radius 1 is 1.25 bits per heavy atom. The lowest BCUT2D eigenvalue weighted by Crippen LogP contribution is -2.47. The first-order chi connectivity index (χ1) is 9.35. The molecule has 0 unspecified atom stereocenters. The molecule has 11 heteroatoms. The zero-order valence-corrected chi connectivity index (χ0v) is 11.2. The van der Waals surface area contributed by atoms with Crippen molar-refractivity contribution in [2.75, 3.05) is 18.0 Å². The molecular weight excluding hydrogens is 288 g/mol. The van der Waals surface area contributed by atoms with Gasteiger partial charge in [-0.15, -0.1) is 0 Å². The molecular formula is C9H13ClN8O2. The lowest BCUT2D eigenvalue weighted by Gasteiger charge is -2.09. The molecule has 3 amide bonds. The lowest BCUT2D eigenvalue weighted by molar-refractivity contribution is 0.0972. The molecule has 1 rings (SSSR count). The van der Waals surface area contributed by atoms with Crippen molar-refractivity contribution in [3.05, 3.63) is 10.8 Å². The zero-order valence-electron chi connectivity index (χ0n) is 10.5. The van der Waals surface area contributed by atoms with Gasteiger partial charge in [-0.25, -0.2) is 14.8 Å². The maximum absolute atomic E-state index is 11.8. The van der Waals surface area contributed by atoms with Gasteiger partial charge in [0.05, 0.1) is 0 Å². The maximum atomic E-state index is 11.8. The third-order valence-corrected chi connectivity index (χ3v) is 2.21. The van der Waals surface area contributed by atoms with E-state index >= 15 is 0 Å². The molecule has 0 bridgehead atoms. The van der Waals surface area contributed by atoms with E-state index in [0.29, 0.717) is 6.54 Å². The highest BCUT2D eigenvalue weighted by atomic mass is 35.5. The SMILES string of the molecule is CCNC(=O)NC(=N)NC(=O)c1nc(Cl)c(N)nc1N. The van der Waals surface area contributed by atoms with Gasteiger partial charge < -0.3 is 16.8 Å². The summed E-state index contributed by atoms with van der Waals surface area (Å²) in [6, 6.07) is -0.632. The summed E-state index contributed by atoms with van der Waals surface area (Å²) in [6.07, 6.45) is 0. The molecule has 108 valence electrons. The first kappa shape index (κ1) is 15.4. The van der Waals surface area contributed by atoms with Gasteiger partial charge in [-0.2, -0.15) is 0 Å². The Kier molecular flexibility index (Phi) is 5.03. The number of anilines is 2. The summed E-state index contributed by atoms with van der Waals surface area (Å²) in [5.74, 6) is -1.75. The fourth-order valence-corrected chi connectivity index (χ4v) is 1.26. The first-order valence-corrected chi connectivity index (χ1v) is 5.76. The Morgan fingerprint density at radius 2 is 1.90 bits per heavy atom. The number of carbonyl (C=O) groups excluding carboxylic acids is 2. The second-order valence-corrected chi connectivity index (χ2v) is 3.81. The van der Waals surface area contributed by atoms with Gasteiger partial charge in [0, 0.05) is 6.54 Å². The van der Waals surface area contributed by atoms with E-state index in [2.05, 4.69) is 25.9 Å². The highest BCUT2D eigenvalue weighted by molar-refractivity contribution is 6.31. The summed E-state index contributed by atoms with van der Waals surface area (Å²) >= 11 is 5.62. The third-order valence-electron chi connectivity index (χ3n) is 1.93. The van der Waals surface area contributed by atoms with E-state index < -0.39 is 17.9 Å². The number of halogens is 1. The van der Waals surface area contributed by atoms with Crippen molar-refractivity contribution < 1.29 is 9.59 Å². The molecule has 0 saturated carbocycles. The largest absolute Gasteiger partial charge is 0.382 e. The summed E-state index contributed by atoms with van der Waals surface area (Å²) in [6.45, 7) is 2.08. The van der Waals surface area contributed by atoms with Crippen LogP contribution in [-0.4, -0.2) is 34.4 Å². The van der Waals surface area contributed by atoms with E-state index in [0.717, 1.165) is 0 Å². The summed E-state index contributed by atoms with van der Waals surface area (Å²) in [5, 5.41) is 13.7.